The Labute approximate surface area is 201 Å². The monoisotopic (exact) mass is 478 g/mol. The number of rotatable bonds is 7. The minimum Gasteiger partial charge on any atom is -0.373 e. The number of hydrogen-bond acceptors (Lipinski definition) is 4. The van der Waals surface area contributed by atoms with Crippen LogP contribution in [0.1, 0.15) is 39.9 Å². The van der Waals surface area contributed by atoms with E-state index in [2.05, 4.69) is 4.72 Å². The van der Waals surface area contributed by atoms with Crippen LogP contribution in [-0.2, 0) is 21.4 Å². The molecule has 0 saturated carbocycles. The summed E-state index contributed by atoms with van der Waals surface area (Å²) in [6, 6.07) is 21.7. The van der Waals surface area contributed by atoms with E-state index in [4.69, 9.17) is 4.74 Å². The average Bonchev–Trinajstić information content (AvgIpc) is 2.86. The average molecular weight is 479 g/mol. The van der Waals surface area contributed by atoms with Crippen molar-refractivity contribution in [1.82, 2.24) is 4.90 Å². The van der Waals surface area contributed by atoms with Gasteiger partial charge in [0, 0.05) is 18.7 Å². The Hall–Kier alpha value is -3.16. The standard InChI is InChI=1S/C27H30N2O4S/c1-20-7-6-10-26(21(20)2)28-34(31,32)25-13-11-23(12-14-25)27(30)29-17-15-24(16-18-29)33-19-22-8-4-3-5-9-22/h3-14,24,28H,15-19H2,1-2H3. The largest absolute Gasteiger partial charge is 0.373 e. The molecule has 3 aromatic carbocycles. The quantitative estimate of drug-likeness (QED) is 0.523. The van der Waals surface area contributed by atoms with E-state index in [1.165, 1.54) is 12.1 Å². The molecule has 0 spiro atoms. The fraction of sp³-hybridized carbons (Fsp3) is 0.296. The first kappa shape index (κ1) is 24.0. The van der Waals surface area contributed by atoms with E-state index in [-0.39, 0.29) is 16.9 Å². The number of anilines is 1. The highest BCUT2D eigenvalue weighted by Crippen LogP contribution is 2.23. The van der Waals surface area contributed by atoms with Crippen molar-refractivity contribution < 1.29 is 17.9 Å². The van der Waals surface area contributed by atoms with Crippen LogP contribution in [0.5, 0.6) is 0 Å². The smallest absolute Gasteiger partial charge is 0.261 e. The minimum atomic E-state index is -3.75. The molecule has 0 unspecified atom stereocenters. The van der Waals surface area contributed by atoms with Crippen molar-refractivity contribution >= 4 is 21.6 Å². The summed E-state index contributed by atoms with van der Waals surface area (Å²) in [7, 11) is -3.75. The van der Waals surface area contributed by atoms with Gasteiger partial charge in [-0.2, -0.15) is 0 Å². The number of benzene rings is 3. The van der Waals surface area contributed by atoms with E-state index >= 15 is 0 Å². The molecule has 1 aliphatic rings. The Morgan fingerprint density at radius 1 is 0.941 bits per heavy atom. The second-order valence-corrected chi connectivity index (χ2v) is 10.3. The van der Waals surface area contributed by atoms with Gasteiger partial charge in [-0.15, -0.1) is 0 Å². The molecule has 178 valence electrons. The molecule has 6 nitrogen and oxygen atoms in total. The first-order valence-electron chi connectivity index (χ1n) is 11.5. The molecule has 1 heterocycles. The highest BCUT2D eigenvalue weighted by Gasteiger charge is 2.25. The second-order valence-electron chi connectivity index (χ2n) is 8.67. The van der Waals surface area contributed by atoms with E-state index in [1.54, 1.807) is 23.1 Å². The molecule has 1 aliphatic heterocycles. The number of nitrogens with zero attached hydrogens (tertiary/aromatic N) is 1. The minimum absolute atomic E-state index is 0.0899. The number of aryl methyl sites for hydroxylation is 1. The third kappa shape index (κ3) is 5.66. The molecule has 3 aromatic rings. The Bertz CT molecular complexity index is 1230. The van der Waals surface area contributed by atoms with E-state index in [0.29, 0.717) is 30.9 Å². The van der Waals surface area contributed by atoms with Crippen LogP contribution in [0.2, 0.25) is 0 Å². The van der Waals surface area contributed by atoms with Crippen molar-refractivity contribution in [3.63, 3.8) is 0 Å². The summed E-state index contributed by atoms with van der Waals surface area (Å²) in [5.41, 5.74) is 4.07. The number of amides is 1. The lowest BCUT2D eigenvalue weighted by Gasteiger charge is -2.32. The number of nitrogens with one attached hydrogen (secondary N) is 1. The van der Waals surface area contributed by atoms with Crippen LogP contribution >= 0.6 is 0 Å². The van der Waals surface area contributed by atoms with Gasteiger partial charge in [-0.25, -0.2) is 8.42 Å². The Morgan fingerprint density at radius 3 is 2.29 bits per heavy atom. The van der Waals surface area contributed by atoms with Gasteiger partial charge in [0.1, 0.15) is 0 Å². The van der Waals surface area contributed by atoms with Gasteiger partial charge in [0.25, 0.3) is 15.9 Å². The molecule has 1 amide bonds. The van der Waals surface area contributed by atoms with Crippen LogP contribution in [0.15, 0.2) is 77.7 Å². The Morgan fingerprint density at radius 2 is 1.62 bits per heavy atom. The molecule has 1 saturated heterocycles. The van der Waals surface area contributed by atoms with Crippen molar-refractivity contribution in [2.75, 3.05) is 17.8 Å². The molecule has 0 radical (unpaired) electrons. The topological polar surface area (TPSA) is 75.7 Å². The molecule has 0 atom stereocenters. The normalized spacial score (nSPS) is 14.7. The van der Waals surface area contributed by atoms with Crippen molar-refractivity contribution in [3.8, 4) is 0 Å². The lowest BCUT2D eigenvalue weighted by molar-refractivity contribution is -0.000382. The van der Waals surface area contributed by atoms with Crippen molar-refractivity contribution in [2.24, 2.45) is 0 Å². The molecular weight excluding hydrogens is 448 g/mol. The summed E-state index contributed by atoms with van der Waals surface area (Å²) in [5, 5.41) is 0. The van der Waals surface area contributed by atoms with Gasteiger partial charge in [0.2, 0.25) is 0 Å². The molecule has 4 rings (SSSR count). The summed E-state index contributed by atoms with van der Waals surface area (Å²) in [4.78, 5) is 14.9. The van der Waals surface area contributed by atoms with Gasteiger partial charge in [-0.1, -0.05) is 42.5 Å². The summed E-state index contributed by atoms with van der Waals surface area (Å²) >= 11 is 0. The van der Waals surface area contributed by atoms with Gasteiger partial charge in [0.05, 0.1) is 23.3 Å². The number of hydrogen-bond donors (Lipinski definition) is 1. The number of sulfonamides is 1. The van der Waals surface area contributed by atoms with Crippen molar-refractivity contribution in [3.05, 3.63) is 95.1 Å². The second kappa shape index (κ2) is 10.4. The molecule has 7 heteroatoms. The van der Waals surface area contributed by atoms with E-state index in [1.807, 2.05) is 56.3 Å². The lowest BCUT2D eigenvalue weighted by Crippen LogP contribution is -2.40. The zero-order valence-corrected chi connectivity index (χ0v) is 20.3. The predicted molar refractivity (Wildman–Crippen MR) is 133 cm³/mol. The number of likely N-dealkylation sites (tertiary alicyclic amines) is 1. The zero-order valence-electron chi connectivity index (χ0n) is 19.5. The third-order valence-electron chi connectivity index (χ3n) is 6.32. The summed E-state index contributed by atoms with van der Waals surface area (Å²) in [6.07, 6.45) is 1.70. The number of piperidine rings is 1. The zero-order chi connectivity index (χ0) is 24.1. The van der Waals surface area contributed by atoms with E-state index < -0.39 is 10.0 Å². The molecule has 34 heavy (non-hydrogen) atoms. The maximum Gasteiger partial charge on any atom is 0.261 e. The van der Waals surface area contributed by atoms with Crippen LogP contribution in [0.25, 0.3) is 0 Å². The van der Waals surface area contributed by atoms with Crippen molar-refractivity contribution in [1.29, 1.82) is 0 Å². The van der Waals surface area contributed by atoms with E-state index in [9.17, 15) is 13.2 Å². The van der Waals surface area contributed by atoms with Crippen LogP contribution < -0.4 is 4.72 Å². The highest BCUT2D eigenvalue weighted by molar-refractivity contribution is 7.92. The Kier molecular flexibility index (Phi) is 7.34. The van der Waals surface area contributed by atoms with Gasteiger partial charge in [-0.05, 0) is 73.7 Å². The maximum atomic E-state index is 12.9. The number of carbonyl (C=O) groups is 1. The molecule has 1 N–H and O–H groups in total. The van der Waals surface area contributed by atoms with Crippen LogP contribution in [0.4, 0.5) is 5.69 Å². The SMILES string of the molecule is Cc1cccc(NS(=O)(=O)c2ccc(C(=O)N3CCC(OCc4ccccc4)CC3)cc2)c1C. The van der Waals surface area contributed by atoms with E-state index in [0.717, 1.165) is 29.5 Å². The van der Waals surface area contributed by atoms with Crippen LogP contribution in [0, 0.1) is 13.8 Å². The summed E-state index contributed by atoms with van der Waals surface area (Å²) in [5.74, 6) is -0.0899. The van der Waals surface area contributed by atoms with Gasteiger partial charge < -0.3 is 9.64 Å². The number of ether oxygens (including phenoxy) is 1. The fourth-order valence-corrected chi connectivity index (χ4v) is 5.16. The molecule has 0 aromatic heterocycles. The van der Waals surface area contributed by atoms with Crippen LogP contribution in [-0.4, -0.2) is 38.4 Å². The van der Waals surface area contributed by atoms with Gasteiger partial charge >= 0.3 is 0 Å². The number of carbonyl (C=O) groups excluding carboxylic acids is 1. The lowest BCUT2D eigenvalue weighted by atomic mass is 10.1. The summed E-state index contributed by atoms with van der Waals surface area (Å²) in [6.45, 7) is 5.63. The molecule has 0 aliphatic carbocycles. The van der Waals surface area contributed by atoms with Gasteiger partial charge in [0.15, 0.2) is 0 Å². The molecule has 1 fully saturated rings. The fourth-order valence-electron chi connectivity index (χ4n) is 4.04. The van der Waals surface area contributed by atoms with Crippen molar-refractivity contribution in [2.45, 2.75) is 44.3 Å². The Balaban J connectivity index is 1.33. The predicted octanol–water partition coefficient (Wildman–Crippen LogP) is 4.93. The first-order valence-corrected chi connectivity index (χ1v) is 13.0. The highest BCUT2D eigenvalue weighted by atomic mass is 32.2. The molecule has 0 bridgehead atoms. The van der Waals surface area contributed by atoms with Crippen LogP contribution in [0.3, 0.4) is 0 Å². The summed E-state index contributed by atoms with van der Waals surface area (Å²) < 4.78 is 34.3. The van der Waals surface area contributed by atoms with Gasteiger partial charge in [-0.3, -0.25) is 9.52 Å². The third-order valence-corrected chi connectivity index (χ3v) is 7.70. The maximum absolute atomic E-state index is 12.9. The first-order chi connectivity index (χ1) is 16.3. The molecular formula is C27H30N2O4S.